The summed E-state index contributed by atoms with van der Waals surface area (Å²) in [6, 6.07) is 15.9. The van der Waals surface area contributed by atoms with Crippen molar-refractivity contribution in [2.75, 3.05) is 36.2 Å². The second kappa shape index (κ2) is 9.22. The van der Waals surface area contributed by atoms with Gasteiger partial charge >= 0.3 is 0 Å². The van der Waals surface area contributed by atoms with E-state index in [0.29, 0.717) is 28.1 Å². The zero-order chi connectivity index (χ0) is 23.0. The van der Waals surface area contributed by atoms with E-state index in [4.69, 9.17) is 5.14 Å². The fraction of sp³-hybridized carbons (Fsp3) is 0.273. The Hall–Kier alpha value is -2.40. The maximum Gasteiger partial charge on any atom is 0.235 e. The van der Waals surface area contributed by atoms with Gasteiger partial charge in [0.05, 0.1) is 11.6 Å². The molecule has 2 atom stereocenters. The molecule has 168 valence electrons. The zero-order valence-electron chi connectivity index (χ0n) is 18.0. The fourth-order valence-electron chi connectivity index (χ4n) is 3.63. The smallest absolute Gasteiger partial charge is 0.235 e. The third kappa shape index (κ3) is 4.54. The lowest BCUT2D eigenvalue weighted by Crippen LogP contribution is -2.54. The molecule has 32 heavy (non-hydrogen) atoms. The van der Waals surface area contributed by atoms with Gasteiger partial charge in [-0.15, -0.1) is 0 Å². The number of anilines is 2. The molecule has 2 heterocycles. The highest BCUT2D eigenvalue weighted by Crippen LogP contribution is 2.32. The molecule has 3 aromatic rings. The Bertz CT molecular complexity index is 1200. The van der Waals surface area contributed by atoms with Gasteiger partial charge in [-0.25, -0.2) is 14.3 Å². The van der Waals surface area contributed by atoms with Gasteiger partial charge in [-0.1, -0.05) is 35.6 Å². The normalized spacial score (nSPS) is 15.8. The zero-order valence-corrected chi connectivity index (χ0v) is 20.4. The fourth-order valence-corrected chi connectivity index (χ4v) is 5.85. The van der Waals surface area contributed by atoms with Crippen LogP contribution in [0, 0.1) is 12.8 Å². The summed E-state index contributed by atoms with van der Waals surface area (Å²) in [5.41, 5.74) is 3.73. The number of aromatic nitrogens is 1. The van der Waals surface area contributed by atoms with Gasteiger partial charge in [0.2, 0.25) is 5.91 Å². The number of aryl methyl sites for hydroxylation is 1. The summed E-state index contributed by atoms with van der Waals surface area (Å²) in [7, 11) is -0.926. The average molecular weight is 489 g/mol. The molecule has 1 aromatic heterocycles. The van der Waals surface area contributed by atoms with Gasteiger partial charge in [0.25, 0.3) is 0 Å². The lowest BCUT2D eigenvalue weighted by atomic mass is 9.97. The Kier molecular flexibility index (Phi) is 6.57. The number of carbonyl (C=O) groups is 1. The predicted octanol–water partition coefficient (Wildman–Crippen LogP) is 2.94. The van der Waals surface area contributed by atoms with Crippen LogP contribution in [0.3, 0.4) is 0 Å². The van der Waals surface area contributed by atoms with Gasteiger partial charge < -0.3 is 4.90 Å². The molecular formula is C22H24N4O3S3. The molecule has 10 heteroatoms. The molecule has 1 aliphatic heterocycles. The minimum atomic E-state index is -1.60. The van der Waals surface area contributed by atoms with Crippen molar-refractivity contribution in [1.82, 2.24) is 4.98 Å². The standard InChI is InChI=1S/C22H24N4O3S3/c1-14-21(32(23)29)30-22(24-14)25(2)20(27)17-12-26(13-17)18-9-7-15(8-10-18)16-5-4-6-19(11-16)31(3)28/h4-11,17H,12-13,23H2,1-3H3. The monoisotopic (exact) mass is 488 g/mol. The third-order valence-electron chi connectivity index (χ3n) is 5.51. The molecule has 2 aromatic carbocycles. The number of amides is 1. The molecule has 2 unspecified atom stereocenters. The maximum absolute atomic E-state index is 12.9. The van der Waals surface area contributed by atoms with Crippen molar-refractivity contribution in [3.05, 3.63) is 54.2 Å². The molecule has 1 fully saturated rings. The predicted molar refractivity (Wildman–Crippen MR) is 131 cm³/mol. The topological polar surface area (TPSA) is 96.6 Å². The molecule has 1 aliphatic rings. The van der Waals surface area contributed by atoms with Gasteiger partial charge in [-0.2, -0.15) is 0 Å². The van der Waals surface area contributed by atoms with Crippen molar-refractivity contribution in [3.63, 3.8) is 0 Å². The lowest BCUT2D eigenvalue weighted by Gasteiger charge is -2.41. The van der Waals surface area contributed by atoms with Crippen LogP contribution in [0.5, 0.6) is 0 Å². The Morgan fingerprint density at radius 2 is 1.84 bits per heavy atom. The van der Waals surface area contributed by atoms with Crippen LogP contribution >= 0.6 is 11.3 Å². The maximum atomic E-state index is 12.9. The molecule has 0 radical (unpaired) electrons. The Morgan fingerprint density at radius 3 is 2.44 bits per heavy atom. The number of benzene rings is 2. The molecule has 2 N–H and O–H groups in total. The number of hydrogen-bond donors (Lipinski definition) is 1. The lowest BCUT2D eigenvalue weighted by molar-refractivity contribution is -0.122. The van der Waals surface area contributed by atoms with E-state index in [0.717, 1.165) is 21.7 Å². The first kappa shape index (κ1) is 22.8. The van der Waals surface area contributed by atoms with Crippen molar-refractivity contribution >= 4 is 49.8 Å². The summed E-state index contributed by atoms with van der Waals surface area (Å²) in [5.74, 6) is -0.128. The second-order valence-electron chi connectivity index (χ2n) is 7.69. The Labute approximate surface area is 196 Å². The second-order valence-corrected chi connectivity index (χ2v) is 11.3. The molecule has 7 nitrogen and oxygen atoms in total. The summed E-state index contributed by atoms with van der Waals surface area (Å²) in [6.07, 6.45) is 1.68. The van der Waals surface area contributed by atoms with Crippen molar-refractivity contribution in [1.29, 1.82) is 0 Å². The Balaban J connectivity index is 1.39. The summed E-state index contributed by atoms with van der Waals surface area (Å²) in [6.45, 7) is 3.00. The van der Waals surface area contributed by atoms with Crippen LogP contribution < -0.4 is 14.9 Å². The summed E-state index contributed by atoms with van der Waals surface area (Å²) in [4.78, 5) is 21.7. The number of thiazole rings is 1. The van der Waals surface area contributed by atoms with E-state index in [2.05, 4.69) is 9.88 Å². The molecule has 1 saturated heterocycles. The molecule has 4 rings (SSSR count). The van der Waals surface area contributed by atoms with Gasteiger partial charge in [-0.05, 0) is 42.3 Å². The van der Waals surface area contributed by atoms with E-state index >= 15 is 0 Å². The number of hydrogen-bond acceptors (Lipinski definition) is 6. The number of nitrogens with two attached hydrogens (primary N) is 1. The van der Waals surface area contributed by atoms with Gasteiger partial charge in [-0.3, -0.25) is 13.9 Å². The van der Waals surface area contributed by atoms with Crippen molar-refractivity contribution in [2.45, 2.75) is 16.0 Å². The van der Waals surface area contributed by atoms with E-state index in [9.17, 15) is 13.2 Å². The first-order chi connectivity index (χ1) is 15.2. The highest BCUT2D eigenvalue weighted by Gasteiger charge is 2.35. The molecule has 0 bridgehead atoms. The third-order valence-corrected chi connectivity index (χ3v) is 8.86. The highest BCUT2D eigenvalue weighted by atomic mass is 32.2. The van der Waals surface area contributed by atoms with Crippen LogP contribution in [0.4, 0.5) is 10.8 Å². The first-order valence-electron chi connectivity index (χ1n) is 9.94. The number of rotatable bonds is 6. The first-order valence-corrected chi connectivity index (χ1v) is 13.5. The summed E-state index contributed by atoms with van der Waals surface area (Å²) in [5, 5.41) is 5.98. The van der Waals surface area contributed by atoms with Crippen LogP contribution in [0.15, 0.2) is 57.6 Å². The highest BCUT2D eigenvalue weighted by molar-refractivity contribution is 7.85. The van der Waals surface area contributed by atoms with Crippen LogP contribution in [-0.2, 0) is 26.6 Å². The van der Waals surface area contributed by atoms with E-state index in [-0.39, 0.29) is 11.8 Å². The Morgan fingerprint density at radius 1 is 1.16 bits per heavy atom. The van der Waals surface area contributed by atoms with Crippen molar-refractivity contribution in [3.8, 4) is 11.1 Å². The van der Waals surface area contributed by atoms with Crippen LogP contribution in [-0.4, -0.2) is 45.7 Å². The quantitative estimate of drug-likeness (QED) is 0.576. The van der Waals surface area contributed by atoms with Gasteiger partial charge in [0.15, 0.2) is 5.13 Å². The van der Waals surface area contributed by atoms with Crippen LogP contribution in [0.25, 0.3) is 11.1 Å². The summed E-state index contributed by atoms with van der Waals surface area (Å²) < 4.78 is 23.8. The summed E-state index contributed by atoms with van der Waals surface area (Å²) >= 11 is 1.19. The van der Waals surface area contributed by atoms with E-state index in [1.807, 2.05) is 48.5 Å². The minimum Gasteiger partial charge on any atom is -0.370 e. The number of carbonyl (C=O) groups excluding carboxylic acids is 1. The van der Waals surface area contributed by atoms with Gasteiger partial charge in [0.1, 0.15) is 15.2 Å². The van der Waals surface area contributed by atoms with Crippen molar-refractivity contribution < 1.29 is 13.2 Å². The average Bonchev–Trinajstić information content (AvgIpc) is 3.14. The molecule has 0 aliphatic carbocycles. The van der Waals surface area contributed by atoms with E-state index in [1.54, 1.807) is 20.2 Å². The molecule has 1 amide bonds. The largest absolute Gasteiger partial charge is 0.370 e. The van der Waals surface area contributed by atoms with E-state index < -0.39 is 21.8 Å². The molecule has 0 saturated carbocycles. The minimum absolute atomic E-state index is 0.00893. The SMILES string of the molecule is Cc1nc(N(C)C(=O)C2CN(c3ccc(-c4cccc(S(C)=O)c4)cc3)C2)sc1S(N)=O. The van der Waals surface area contributed by atoms with E-state index in [1.165, 1.54) is 16.2 Å². The number of nitrogens with zero attached hydrogens (tertiary/aromatic N) is 3. The van der Waals surface area contributed by atoms with Gasteiger partial charge in [0, 0.05) is 47.8 Å². The van der Waals surface area contributed by atoms with Crippen molar-refractivity contribution in [2.24, 2.45) is 11.1 Å². The van der Waals surface area contributed by atoms with Crippen LogP contribution in [0.2, 0.25) is 0 Å². The van der Waals surface area contributed by atoms with Crippen LogP contribution in [0.1, 0.15) is 5.69 Å². The molecule has 0 spiro atoms. The molecular weight excluding hydrogens is 464 g/mol.